The third-order valence-electron chi connectivity index (χ3n) is 3.36. The van der Waals surface area contributed by atoms with Crippen LogP contribution in [0.15, 0.2) is 54.7 Å². The summed E-state index contributed by atoms with van der Waals surface area (Å²) < 4.78 is 1.34. The Morgan fingerprint density at radius 3 is 2.68 bits per heavy atom. The highest BCUT2D eigenvalue weighted by Gasteiger charge is 2.17. The first-order chi connectivity index (χ1) is 10.6. The van der Waals surface area contributed by atoms with Gasteiger partial charge in [-0.1, -0.05) is 24.3 Å². The van der Waals surface area contributed by atoms with E-state index in [0.717, 1.165) is 0 Å². The van der Waals surface area contributed by atoms with Crippen LogP contribution in [0.1, 0.15) is 15.9 Å². The highest BCUT2D eigenvalue weighted by molar-refractivity contribution is 6.03. The third-order valence-corrected chi connectivity index (χ3v) is 3.36. The van der Waals surface area contributed by atoms with Gasteiger partial charge < -0.3 is 0 Å². The van der Waals surface area contributed by atoms with Crippen LogP contribution >= 0.6 is 0 Å². The average Bonchev–Trinajstić information content (AvgIpc) is 2.93. The summed E-state index contributed by atoms with van der Waals surface area (Å²) in [6.45, 7) is 0. The highest BCUT2D eigenvalue weighted by Crippen LogP contribution is 2.22. The van der Waals surface area contributed by atoms with Crippen LogP contribution in [0.25, 0.3) is 10.9 Å². The standard InChI is InChI=1S/C16H9N3O3/c17-9-12-10-18(15-7-2-1-6-14(12)15)16(20)11-4-3-5-13(8-11)19(21)22/h1-8,10H. The Morgan fingerprint density at radius 1 is 1.18 bits per heavy atom. The Bertz CT molecular complexity index is 951. The first-order valence-corrected chi connectivity index (χ1v) is 6.41. The predicted octanol–water partition coefficient (Wildman–Crippen LogP) is 3.11. The molecular formula is C16H9N3O3. The molecule has 22 heavy (non-hydrogen) atoms. The van der Waals surface area contributed by atoms with Crippen LogP contribution in [0.5, 0.6) is 0 Å². The molecule has 0 spiro atoms. The topological polar surface area (TPSA) is 88.9 Å². The summed E-state index contributed by atoms with van der Waals surface area (Å²) in [5.41, 5.74) is 1.02. The van der Waals surface area contributed by atoms with E-state index in [-0.39, 0.29) is 11.3 Å². The Kier molecular flexibility index (Phi) is 3.16. The molecule has 0 fully saturated rings. The summed E-state index contributed by atoms with van der Waals surface area (Å²) in [6.07, 6.45) is 1.45. The van der Waals surface area contributed by atoms with E-state index in [4.69, 9.17) is 5.26 Å². The fraction of sp³-hybridized carbons (Fsp3) is 0. The fourth-order valence-electron chi connectivity index (χ4n) is 2.33. The average molecular weight is 291 g/mol. The Labute approximate surface area is 125 Å². The van der Waals surface area contributed by atoms with E-state index in [9.17, 15) is 14.9 Å². The number of nitro benzene ring substituents is 1. The monoisotopic (exact) mass is 291 g/mol. The Morgan fingerprint density at radius 2 is 1.95 bits per heavy atom. The second-order valence-electron chi connectivity index (χ2n) is 4.65. The molecule has 0 saturated heterocycles. The number of hydrogen-bond acceptors (Lipinski definition) is 4. The van der Waals surface area contributed by atoms with Crippen molar-refractivity contribution in [1.29, 1.82) is 5.26 Å². The molecule has 0 aliphatic carbocycles. The van der Waals surface area contributed by atoms with Gasteiger partial charge in [0.1, 0.15) is 6.07 Å². The first-order valence-electron chi connectivity index (χ1n) is 6.41. The van der Waals surface area contributed by atoms with Crippen LogP contribution in [0.3, 0.4) is 0 Å². The zero-order valence-corrected chi connectivity index (χ0v) is 11.3. The third kappa shape index (κ3) is 2.11. The molecule has 0 atom stereocenters. The lowest BCUT2D eigenvalue weighted by Crippen LogP contribution is -2.10. The van der Waals surface area contributed by atoms with Crippen LogP contribution in [0.4, 0.5) is 5.69 Å². The number of fused-ring (bicyclic) bond motifs is 1. The Hall–Kier alpha value is -3.46. The summed E-state index contributed by atoms with van der Waals surface area (Å²) in [5, 5.41) is 20.6. The fourth-order valence-corrected chi connectivity index (χ4v) is 2.33. The number of carbonyl (C=O) groups excluding carboxylic acids is 1. The van der Waals surface area contributed by atoms with Crippen molar-refractivity contribution in [2.24, 2.45) is 0 Å². The van der Waals surface area contributed by atoms with Crippen LogP contribution in [-0.4, -0.2) is 15.4 Å². The minimum atomic E-state index is -0.550. The molecular weight excluding hydrogens is 282 g/mol. The van der Waals surface area contributed by atoms with E-state index in [1.54, 1.807) is 24.3 Å². The number of rotatable bonds is 2. The molecule has 6 heteroatoms. The summed E-state index contributed by atoms with van der Waals surface area (Å²) in [4.78, 5) is 22.9. The molecule has 0 radical (unpaired) electrons. The van der Waals surface area contributed by atoms with Crippen LogP contribution in [0, 0.1) is 21.4 Å². The minimum Gasteiger partial charge on any atom is -0.282 e. The van der Waals surface area contributed by atoms with Crippen molar-refractivity contribution in [3.63, 3.8) is 0 Å². The summed E-state index contributed by atoms with van der Waals surface area (Å²) in [6, 6.07) is 14.6. The van der Waals surface area contributed by atoms with Crippen molar-refractivity contribution in [2.45, 2.75) is 0 Å². The van der Waals surface area contributed by atoms with Crippen LogP contribution < -0.4 is 0 Å². The molecule has 106 valence electrons. The van der Waals surface area contributed by atoms with Crippen LogP contribution in [-0.2, 0) is 0 Å². The van der Waals surface area contributed by atoms with Gasteiger partial charge >= 0.3 is 0 Å². The maximum absolute atomic E-state index is 12.6. The van der Waals surface area contributed by atoms with Gasteiger partial charge in [-0.25, -0.2) is 0 Å². The van der Waals surface area contributed by atoms with Gasteiger partial charge in [0.25, 0.3) is 11.6 Å². The lowest BCUT2D eigenvalue weighted by molar-refractivity contribution is -0.384. The first kappa shape index (κ1) is 13.5. The highest BCUT2D eigenvalue weighted by atomic mass is 16.6. The van der Waals surface area contributed by atoms with Crippen LogP contribution in [0.2, 0.25) is 0 Å². The second kappa shape index (κ2) is 5.14. The largest absolute Gasteiger partial charge is 0.282 e. The molecule has 0 N–H and O–H groups in total. The quantitative estimate of drug-likeness (QED) is 0.536. The van der Waals surface area contributed by atoms with Crippen molar-refractivity contribution < 1.29 is 9.72 Å². The zero-order valence-electron chi connectivity index (χ0n) is 11.3. The molecule has 0 saturated carbocycles. The summed E-state index contributed by atoms with van der Waals surface area (Å²) in [5.74, 6) is -0.415. The van der Waals surface area contributed by atoms with Gasteiger partial charge in [-0.15, -0.1) is 0 Å². The van der Waals surface area contributed by atoms with Gasteiger partial charge in [0, 0.05) is 29.3 Å². The number of hydrogen-bond donors (Lipinski definition) is 0. The number of carbonyl (C=O) groups is 1. The number of nitro groups is 1. The van der Waals surface area contributed by atoms with Gasteiger partial charge in [0.05, 0.1) is 16.0 Å². The van der Waals surface area contributed by atoms with E-state index < -0.39 is 10.8 Å². The predicted molar refractivity (Wildman–Crippen MR) is 79.5 cm³/mol. The molecule has 0 bridgehead atoms. The van der Waals surface area contributed by atoms with Crippen molar-refractivity contribution >= 4 is 22.5 Å². The Balaban J connectivity index is 2.16. The maximum Gasteiger partial charge on any atom is 0.270 e. The number of nitriles is 1. The number of benzene rings is 2. The molecule has 0 aliphatic rings. The lowest BCUT2D eigenvalue weighted by atomic mass is 10.2. The van der Waals surface area contributed by atoms with Gasteiger partial charge in [-0.2, -0.15) is 5.26 Å². The van der Waals surface area contributed by atoms with Crippen molar-refractivity contribution in [3.05, 3.63) is 76.0 Å². The van der Waals surface area contributed by atoms with Crippen molar-refractivity contribution in [1.82, 2.24) is 4.57 Å². The van der Waals surface area contributed by atoms with E-state index in [1.807, 2.05) is 6.07 Å². The summed E-state index contributed by atoms with van der Waals surface area (Å²) >= 11 is 0. The molecule has 0 aliphatic heterocycles. The van der Waals surface area contributed by atoms with Gasteiger partial charge in [0.15, 0.2) is 0 Å². The molecule has 6 nitrogen and oxygen atoms in total. The minimum absolute atomic E-state index is 0.150. The number of para-hydroxylation sites is 1. The SMILES string of the molecule is N#Cc1cn(C(=O)c2cccc([N+](=O)[O-])c2)c2ccccc12. The van der Waals surface area contributed by atoms with E-state index >= 15 is 0 Å². The van der Waals surface area contributed by atoms with E-state index in [2.05, 4.69) is 0 Å². The molecule has 2 aromatic carbocycles. The normalized spacial score (nSPS) is 10.3. The molecule has 3 aromatic rings. The molecule has 1 aromatic heterocycles. The molecule has 0 unspecified atom stereocenters. The molecule has 1 heterocycles. The zero-order chi connectivity index (χ0) is 15.7. The number of aromatic nitrogens is 1. The lowest BCUT2D eigenvalue weighted by Gasteiger charge is -2.04. The molecule has 0 amide bonds. The molecule has 3 rings (SSSR count). The van der Waals surface area contributed by atoms with Gasteiger partial charge in [-0.05, 0) is 12.1 Å². The number of nitrogens with zero attached hydrogens (tertiary/aromatic N) is 3. The van der Waals surface area contributed by atoms with E-state index in [1.165, 1.54) is 35.0 Å². The summed E-state index contributed by atoms with van der Waals surface area (Å²) in [7, 11) is 0. The van der Waals surface area contributed by atoms with Gasteiger partial charge in [-0.3, -0.25) is 19.5 Å². The van der Waals surface area contributed by atoms with Crippen molar-refractivity contribution in [3.8, 4) is 6.07 Å². The number of non-ortho nitro benzene ring substituents is 1. The van der Waals surface area contributed by atoms with Crippen molar-refractivity contribution in [2.75, 3.05) is 0 Å². The smallest absolute Gasteiger partial charge is 0.270 e. The second-order valence-corrected chi connectivity index (χ2v) is 4.65. The maximum atomic E-state index is 12.6. The van der Waals surface area contributed by atoms with Gasteiger partial charge in [0.2, 0.25) is 0 Å². The van der Waals surface area contributed by atoms with E-state index in [0.29, 0.717) is 16.5 Å².